The summed E-state index contributed by atoms with van der Waals surface area (Å²) in [6.07, 6.45) is 5.53. The van der Waals surface area contributed by atoms with E-state index >= 15 is 0 Å². The summed E-state index contributed by atoms with van der Waals surface area (Å²) >= 11 is 0. The van der Waals surface area contributed by atoms with E-state index in [9.17, 15) is 9.59 Å². The minimum absolute atomic E-state index is 0.152. The van der Waals surface area contributed by atoms with Crippen molar-refractivity contribution in [2.24, 2.45) is 5.92 Å². The highest BCUT2D eigenvalue weighted by molar-refractivity contribution is 5.95. The minimum atomic E-state index is -0.840. The average molecular weight is 379 g/mol. The van der Waals surface area contributed by atoms with Crippen LogP contribution in [0.3, 0.4) is 0 Å². The normalized spacial score (nSPS) is 16.8. The van der Waals surface area contributed by atoms with Crippen LogP contribution in [0.1, 0.15) is 31.7 Å². The van der Waals surface area contributed by atoms with Gasteiger partial charge in [-0.1, -0.05) is 42.5 Å². The van der Waals surface area contributed by atoms with E-state index in [4.69, 9.17) is 9.47 Å². The van der Waals surface area contributed by atoms with Crippen molar-refractivity contribution in [1.29, 1.82) is 0 Å². The molecule has 0 fully saturated rings. The van der Waals surface area contributed by atoms with Crippen LogP contribution < -0.4 is 10.1 Å². The summed E-state index contributed by atoms with van der Waals surface area (Å²) in [6.45, 7) is 2.07. The number of carbonyl (C=O) groups excluding carboxylic acids is 2. The van der Waals surface area contributed by atoms with Crippen molar-refractivity contribution in [3.05, 3.63) is 72.3 Å². The summed E-state index contributed by atoms with van der Waals surface area (Å²) in [7, 11) is 0. The summed E-state index contributed by atoms with van der Waals surface area (Å²) in [5, 5.41) is 2.77. The van der Waals surface area contributed by atoms with Crippen molar-refractivity contribution < 1.29 is 19.1 Å². The monoisotopic (exact) mass is 379 g/mol. The van der Waals surface area contributed by atoms with Gasteiger partial charge in [0.05, 0.1) is 5.92 Å². The molecule has 3 rings (SSSR count). The Hall–Kier alpha value is -3.08. The Balaban J connectivity index is 1.46. The first-order valence-electron chi connectivity index (χ1n) is 9.55. The largest absolute Gasteiger partial charge is 0.489 e. The van der Waals surface area contributed by atoms with Crippen LogP contribution in [0.4, 0.5) is 5.69 Å². The SMILES string of the molecule is C[C@@H](OC(=O)[C@H]1CC=CCC1)C(=O)Nc1ccc(OCc2ccccc2)cc1. The Bertz CT molecular complexity index is 814. The summed E-state index contributed by atoms with van der Waals surface area (Å²) in [5.74, 6) is -0.0951. The molecule has 0 unspecified atom stereocenters. The number of benzene rings is 2. The topological polar surface area (TPSA) is 64.6 Å². The van der Waals surface area contributed by atoms with E-state index in [2.05, 4.69) is 11.4 Å². The first kappa shape index (κ1) is 19.7. The van der Waals surface area contributed by atoms with Gasteiger partial charge in [-0.2, -0.15) is 0 Å². The number of amides is 1. The number of ether oxygens (including phenoxy) is 2. The number of hydrogen-bond donors (Lipinski definition) is 1. The average Bonchev–Trinajstić information content (AvgIpc) is 2.74. The van der Waals surface area contributed by atoms with E-state index < -0.39 is 6.10 Å². The Morgan fingerprint density at radius 3 is 2.50 bits per heavy atom. The molecule has 1 aliphatic carbocycles. The van der Waals surface area contributed by atoms with Gasteiger partial charge in [-0.05, 0) is 56.0 Å². The van der Waals surface area contributed by atoms with Gasteiger partial charge in [-0.3, -0.25) is 9.59 Å². The van der Waals surface area contributed by atoms with Gasteiger partial charge in [0, 0.05) is 5.69 Å². The molecule has 0 saturated heterocycles. The zero-order chi connectivity index (χ0) is 19.8. The van der Waals surface area contributed by atoms with Gasteiger partial charge >= 0.3 is 5.97 Å². The second kappa shape index (κ2) is 9.74. The summed E-state index contributed by atoms with van der Waals surface area (Å²) < 4.78 is 11.1. The molecule has 0 radical (unpaired) electrons. The Morgan fingerprint density at radius 2 is 1.82 bits per heavy atom. The van der Waals surface area contributed by atoms with Crippen LogP contribution in [0.5, 0.6) is 5.75 Å². The highest BCUT2D eigenvalue weighted by atomic mass is 16.5. The third-order valence-electron chi connectivity index (χ3n) is 4.63. The Labute approximate surface area is 165 Å². The fourth-order valence-corrected chi connectivity index (χ4v) is 2.95. The molecule has 5 heteroatoms. The lowest BCUT2D eigenvalue weighted by molar-refractivity contribution is -0.157. The molecule has 28 heavy (non-hydrogen) atoms. The molecule has 0 aromatic heterocycles. The maximum absolute atomic E-state index is 12.3. The zero-order valence-electron chi connectivity index (χ0n) is 16.0. The third-order valence-corrected chi connectivity index (χ3v) is 4.63. The van der Waals surface area contributed by atoms with E-state index in [0.29, 0.717) is 24.5 Å². The lowest BCUT2D eigenvalue weighted by Gasteiger charge is -2.19. The second-order valence-corrected chi connectivity index (χ2v) is 6.85. The van der Waals surface area contributed by atoms with Crippen LogP contribution in [-0.2, 0) is 20.9 Å². The zero-order valence-corrected chi connectivity index (χ0v) is 16.0. The second-order valence-electron chi connectivity index (χ2n) is 6.85. The number of allylic oxidation sites excluding steroid dienone is 2. The standard InChI is InChI=1S/C23H25NO4/c1-17(28-23(26)19-10-6-3-7-11-19)22(25)24-20-12-14-21(15-13-20)27-16-18-8-4-2-5-9-18/h2-6,8-9,12-15,17,19H,7,10-11,16H2,1H3,(H,24,25)/t17-,19+/m1/s1. The summed E-state index contributed by atoms with van der Waals surface area (Å²) in [4.78, 5) is 24.4. The Morgan fingerprint density at radius 1 is 1.07 bits per heavy atom. The lowest BCUT2D eigenvalue weighted by atomic mass is 9.95. The van der Waals surface area contributed by atoms with Gasteiger partial charge < -0.3 is 14.8 Å². The maximum atomic E-state index is 12.3. The molecule has 5 nitrogen and oxygen atoms in total. The van der Waals surface area contributed by atoms with Crippen molar-refractivity contribution in [2.75, 3.05) is 5.32 Å². The van der Waals surface area contributed by atoms with Crippen LogP contribution in [0, 0.1) is 5.92 Å². The summed E-state index contributed by atoms with van der Waals surface area (Å²) in [5.41, 5.74) is 1.71. The highest BCUT2D eigenvalue weighted by Gasteiger charge is 2.25. The van der Waals surface area contributed by atoms with E-state index in [0.717, 1.165) is 18.4 Å². The minimum Gasteiger partial charge on any atom is -0.489 e. The fraction of sp³-hybridized carbons (Fsp3) is 0.304. The molecule has 2 atom stereocenters. The highest BCUT2D eigenvalue weighted by Crippen LogP contribution is 2.21. The van der Waals surface area contributed by atoms with Gasteiger partial charge in [0.15, 0.2) is 6.10 Å². The molecular weight excluding hydrogens is 354 g/mol. The third kappa shape index (κ3) is 5.71. The molecule has 1 N–H and O–H groups in total. The maximum Gasteiger partial charge on any atom is 0.310 e. The van der Waals surface area contributed by atoms with Crippen LogP contribution in [-0.4, -0.2) is 18.0 Å². The number of hydrogen-bond acceptors (Lipinski definition) is 4. The van der Waals surface area contributed by atoms with Crippen LogP contribution in [0.15, 0.2) is 66.7 Å². The molecule has 0 bridgehead atoms. The summed E-state index contributed by atoms with van der Waals surface area (Å²) in [6, 6.07) is 17.0. The van der Waals surface area contributed by atoms with E-state index in [1.54, 1.807) is 31.2 Å². The van der Waals surface area contributed by atoms with Crippen molar-refractivity contribution in [2.45, 2.75) is 38.9 Å². The number of rotatable bonds is 7. The van der Waals surface area contributed by atoms with Crippen molar-refractivity contribution in [1.82, 2.24) is 0 Å². The Kier molecular flexibility index (Phi) is 6.84. The molecule has 146 valence electrons. The van der Waals surface area contributed by atoms with Gasteiger partial charge in [0.25, 0.3) is 5.91 Å². The van der Waals surface area contributed by atoms with Crippen molar-refractivity contribution >= 4 is 17.6 Å². The fourth-order valence-electron chi connectivity index (χ4n) is 2.95. The van der Waals surface area contributed by atoms with Crippen LogP contribution in [0.2, 0.25) is 0 Å². The molecule has 1 aliphatic rings. The van der Waals surface area contributed by atoms with Crippen LogP contribution in [0.25, 0.3) is 0 Å². The van der Waals surface area contributed by atoms with Gasteiger partial charge in [0.2, 0.25) is 0 Å². The molecule has 2 aromatic rings. The predicted molar refractivity (Wildman–Crippen MR) is 108 cm³/mol. The lowest BCUT2D eigenvalue weighted by Crippen LogP contribution is -2.32. The molecule has 0 aliphatic heterocycles. The molecule has 0 spiro atoms. The molecule has 2 aromatic carbocycles. The number of nitrogens with one attached hydrogen (secondary N) is 1. The number of anilines is 1. The molecule has 0 saturated carbocycles. The molecule has 0 heterocycles. The smallest absolute Gasteiger partial charge is 0.310 e. The van der Waals surface area contributed by atoms with Gasteiger partial charge in [-0.15, -0.1) is 0 Å². The quantitative estimate of drug-likeness (QED) is 0.569. The molecule has 1 amide bonds. The van der Waals surface area contributed by atoms with Crippen molar-refractivity contribution in [3.8, 4) is 5.75 Å². The van der Waals surface area contributed by atoms with Crippen molar-refractivity contribution in [3.63, 3.8) is 0 Å². The number of esters is 1. The predicted octanol–water partition coefficient (Wildman–Crippen LogP) is 4.49. The first-order valence-corrected chi connectivity index (χ1v) is 9.55. The number of carbonyl (C=O) groups is 2. The van der Waals surface area contributed by atoms with Crippen LogP contribution >= 0.6 is 0 Å². The van der Waals surface area contributed by atoms with E-state index in [-0.39, 0.29) is 17.8 Å². The van der Waals surface area contributed by atoms with Gasteiger partial charge in [0.1, 0.15) is 12.4 Å². The van der Waals surface area contributed by atoms with E-state index in [1.165, 1.54) is 0 Å². The van der Waals surface area contributed by atoms with E-state index in [1.807, 2.05) is 36.4 Å². The molecular formula is C23H25NO4. The van der Waals surface area contributed by atoms with Gasteiger partial charge in [-0.25, -0.2) is 0 Å². The first-order chi connectivity index (χ1) is 13.6.